The molecule has 0 aromatic heterocycles. The number of allylic oxidation sites excluding steroid dienone is 6. The molecule has 1 aliphatic carbocycles. The fraction of sp³-hybridized carbons (Fsp3) is 0.133. The molecule has 0 saturated heterocycles. The van der Waals surface area contributed by atoms with Crippen LogP contribution in [0.25, 0.3) is 0 Å². The maximum absolute atomic E-state index is 5.77. The summed E-state index contributed by atoms with van der Waals surface area (Å²) in [6.07, 6.45) is 15.8. The lowest BCUT2D eigenvalue weighted by molar-refractivity contribution is 1.24. The van der Waals surface area contributed by atoms with Crippen LogP contribution < -0.4 is 5.73 Å². The van der Waals surface area contributed by atoms with Crippen LogP contribution in [0, 0.1) is 0 Å². The molecule has 80 valence electrons. The van der Waals surface area contributed by atoms with Crippen molar-refractivity contribution >= 4 is 0 Å². The van der Waals surface area contributed by atoms with Gasteiger partial charge in [-0.2, -0.15) is 0 Å². The molecule has 1 aliphatic rings. The van der Waals surface area contributed by atoms with Gasteiger partial charge < -0.3 is 5.73 Å². The zero-order valence-electron chi connectivity index (χ0n) is 9.40. The normalized spacial score (nSPS) is 17.1. The second-order valence-corrected chi connectivity index (χ2v) is 3.23. The van der Waals surface area contributed by atoms with Crippen LogP contribution in [-0.4, -0.2) is 0 Å². The van der Waals surface area contributed by atoms with Gasteiger partial charge in [0, 0.05) is 11.8 Å². The van der Waals surface area contributed by atoms with E-state index in [0.29, 0.717) is 0 Å². The van der Waals surface area contributed by atoms with Crippen LogP contribution in [-0.2, 0) is 0 Å². The van der Waals surface area contributed by atoms with Crippen molar-refractivity contribution in [3.63, 3.8) is 0 Å². The van der Waals surface area contributed by atoms with Crippen molar-refractivity contribution in [2.75, 3.05) is 0 Å². The van der Waals surface area contributed by atoms with Gasteiger partial charge >= 0.3 is 0 Å². The summed E-state index contributed by atoms with van der Waals surface area (Å²) in [6, 6.07) is 0. The smallest absolute Gasteiger partial charge is 0.0355 e. The molecule has 0 atom stereocenters. The molecule has 0 radical (unpaired) electrons. The molecular formula is C15H15N. The fourth-order valence-corrected chi connectivity index (χ4v) is 1.11. The Morgan fingerprint density at radius 2 is 2.19 bits per heavy atom. The Labute approximate surface area is 96.7 Å². The van der Waals surface area contributed by atoms with Crippen molar-refractivity contribution in [3.8, 4) is 0 Å². The van der Waals surface area contributed by atoms with E-state index in [9.17, 15) is 0 Å². The first kappa shape index (κ1) is 11.9. The molecule has 0 fully saturated rings. The van der Waals surface area contributed by atoms with Gasteiger partial charge in [0.05, 0.1) is 0 Å². The standard InChI is InChI=1S/C15H15N/c1-2-3-11-15(16)13-12-14-9-7-5-4-6-8-10-14/h2,4-5,8-11,13H,12,16H2,1H3/b14-10+,15-13+. The van der Waals surface area contributed by atoms with E-state index in [2.05, 4.69) is 17.2 Å². The lowest BCUT2D eigenvalue weighted by atomic mass is 10.1. The maximum atomic E-state index is 5.77. The number of hydrogen-bond donors (Lipinski definition) is 1. The highest BCUT2D eigenvalue weighted by Gasteiger charge is 1.89. The van der Waals surface area contributed by atoms with Gasteiger partial charge in [-0.1, -0.05) is 12.2 Å². The van der Waals surface area contributed by atoms with Crippen molar-refractivity contribution in [1.29, 1.82) is 0 Å². The molecule has 1 heteroatoms. The second-order valence-electron chi connectivity index (χ2n) is 3.23. The summed E-state index contributed by atoms with van der Waals surface area (Å²) in [4.78, 5) is 0. The van der Waals surface area contributed by atoms with Crippen LogP contribution in [0.5, 0.6) is 0 Å². The predicted octanol–water partition coefficient (Wildman–Crippen LogP) is 3.31. The van der Waals surface area contributed by atoms with Crippen molar-refractivity contribution in [2.45, 2.75) is 13.3 Å². The number of nitrogens with two attached hydrogens (primary N) is 1. The Morgan fingerprint density at radius 1 is 1.38 bits per heavy atom. The molecule has 0 unspecified atom stereocenters. The van der Waals surface area contributed by atoms with Crippen molar-refractivity contribution in [3.05, 3.63) is 77.1 Å². The third-order valence-electron chi connectivity index (χ3n) is 1.93. The highest BCUT2D eigenvalue weighted by Crippen LogP contribution is 2.06. The van der Waals surface area contributed by atoms with E-state index >= 15 is 0 Å². The van der Waals surface area contributed by atoms with E-state index in [1.54, 1.807) is 6.08 Å². The van der Waals surface area contributed by atoms with Gasteiger partial charge in [-0.25, -0.2) is 0 Å². The zero-order valence-corrected chi connectivity index (χ0v) is 9.40. The average Bonchev–Trinajstić information content (AvgIpc) is 2.25. The van der Waals surface area contributed by atoms with Crippen LogP contribution in [0.1, 0.15) is 13.3 Å². The molecule has 0 aliphatic heterocycles. The SMILES string of the molecule is CC=C=C/C(N)=C\C/C1=C/C=C=CC=C=C1. The molecule has 2 N–H and O–H groups in total. The fourth-order valence-electron chi connectivity index (χ4n) is 1.11. The molecule has 0 aromatic carbocycles. The minimum Gasteiger partial charge on any atom is -0.398 e. The molecule has 0 heterocycles. The monoisotopic (exact) mass is 209 g/mol. The molecule has 1 rings (SSSR count). The van der Waals surface area contributed by atoms with E-state index in [0.717, 1.165) is 17.7 Å². The topological polar surface area (TPSA) is 26.0 Å². The van der Waals surface area contributed by atoms with Gasteiger partial charge in [0.15, 0.2) is 0 Å². The summed E-state index contributed by atoms with van der Waals surface area (Å²) < 4.78 is 0. The third-order valence-corrected chi connectivity index (χ3v) is 1.93. The van der Waals surface area contributed by atoms with Gasteiger partial charge in [-0.05, 0) is 49.3 Å². The van der Waals surface area contributed by atoms with E-state index in [-0.39, 0.29) is 0 Å². The molecule has 0 spiro atoms. The van der Waals surface area contributed by atoms with Crippen molar-refractivity contribution in [1.82, 2.24) is 0 Å². The lowest BCUT2D eigenvalue weighted by Gasteiger charge is -1.96. The Bertz CT molecular complexity index is 480. The van der Waals surface area contributed by atoms with Crippen molar-refractivity contribution in [2.24, 2.45) is 5.73 Å². The summed E-state index contributed by atoms with van der Waals surface area (Å²) in [6.45, 7) is 1.91. The summed E-state index contributed by atoms with van der Waals surface area (Å²) >= 11 is 0. The van der Waals surface area contributed by atoms with Gasteiger partial charge in [0.2, 0.25) is 0 Å². The quantitative estimate of drug-likeness (QED) is 0.560. The predicted molar refractivity (Wildman–Crippen MR) is 68.6 cm³/mol. The first-order valence-electron chi connectivity index (χ1n) is 5.18. The molecular weight excluding hydrogens is 194 g/mol. The van der Waals surface area contributed by atoms with Gasteiger partial charge in [0.25, 0.3) is 0 Å². The van der Waals surface area contributed by atoms with Crippen LogP contribution in [0.15, 0.2) is 77.1 Å². The van der Waals surface area contributed by atoms with Crippen LogP contribution in [0.3, 0.4) is 0 Å². The Balaban J connectivity index is 2.72. The first-order chi connectivity index (χ1) is 7.83. The van der Waals surface area contributed by atoms with Crippen LogP contribution in [0.2, 0.25) is 0 Å². The summed E-state index contributed by atoms with van der Waals surface area (Å²) in [5.41, 5.74) is 16.6. The largest absolute Gasteiger partial charge is 0.398 e. The molecule has 0 bridgehead atoms. The minimum atomic E-state index is 0.720. The molecule has 16 heavy (non-hydrogen) atoms. The van der Waals surface area contributed by atoms with Crippen LogP contribution >= 0.6 is 0 Å². The third kappa shape index (κ3) is 4.91. The summed E-state index contributed by atoms with van der Waals surface area (Å²) in [7, 11) is 0. The van der Waals surface area contributed by atoms with Crippen LogP contribution in [0.4, 0.5) is 0 Å². The lowest BCUT2D eigenvalue weighted by Crippen LogP contribution is -1.92. The van der Waals surface area contributed by atoms with Gasteiger partial charge in [-0.3, -0.25) is 0 Å². The maximum Gasteiger partial charge on any atom is 0.0355 e. The molecule has 1 nitrogen and oxygen atoms in total. The molecule has 0 aromatic rings. The summed E-state index contributed by atoms with van der Waals surface area (Å²) in [5, 5.41) is 0. The molecule has 0 saturated carbocycles. The first-order valence-corrected chi connectivity index (χ1v) is 5.18. The van der Waals surface area contributed by atoms with Gasteiger partial charge in [-0.15, -0.1) is 17.2 Å². The Hall–Kier alpha value is -2.16. The van der Waals surface area contributed by atoms with Gasteiger partial charge in [0.1, 0.15) is 0 Å². The number of hydrogen-bond acceptors (Lipinski definition) is 1. The molecule has 0 amide bonds. The number of rotatable bonds is 3. The minimum absolute atomic E-state index is 0.720. The highest BCUT2D eigenvalue weighted by molar-refractivity contribution is 5.30. The summed E-state index contributed by atoms with van der Waals surface area (Å²) in [5.74, 6) is 0. The Kier molecular flexibility index (Phi) is 5.34. The second kappa shape index (κ2) is 7.17. The zero-order chi connectivity index (χ0) is 11.6. The Morgan fingerprint density at radius 3 is 3.00 bits per heavy atom. The van der Waals surface area contributed by atoms with E-state index in [1.807, 2.05) is 49.5 Å². The van der Waals surface area contributed by atoms with Crippen molar-refractivity contribution < 1.29 is 0 Å². The van der Waals surface area contributed by atoms with E-state index in [1.165, 1.54) is 0 Å². The average molecular weight is 209 g/mol. The van der Waals surface area contributed by atoms with E-state index < -0.39 is 0 Å². The van der Waals surface area contributed by atoms with E-state index in [4.69, 9.17) is 5.73 Å². The highest BCUT2D eigenvalue weighted by atomic mass is 14.5.